The lowest BCUT2D eigenvalue weighted by Crippen LogP contribution is -2.37. The predicted molar refractivity (Wildman–Crippen MR) is 75.0 cm³/mol. The molecule has 5 nitrogen and oxygen atoms in total. The summed E-state index contributed by atoms with van der Waals surface area (Å²) in [5.74, 6) is -0.140. The van der Waals surface area contributed by atoms with Crippen molar-refractivity contribution >= 4 is 33.0 Å². The van der Waals surface area contributed by atoms with Crippen molar-refractivity contribution in [2.75, 3.05) is 24.3 Å². The van der Waals surface area contributed by atoms with Gasteiger partial charge in [0.15, 0.2) is 9.84 Å². The van der Waals surface area contributed by atoms with Crippen LogP contribution in [0.15, 0.2) is 18.2 Å². The van der Waals surface area contributed by atoms with E-state index in [0.717, 1.165) is 0 Å². The average Bonchev–Trinajstić information content (AvgIpc) is 2.68. The molecule has 104 valence electrons. The first kappa shape index (κ1) is 14.1. The monoisotopic (exact) mass is 302 g/mol. The van der Waals surface area contributed by atoms with E-state index in [1.165, 1.54) is 11.0 Å². The molecule has 1 aromatic carbocycles. The third-order valence-electron chi connectivity index (χ3n) is 3.30. The summed E-state index contributed by atoms with van der Waals surface area (Å²) < 4.78 is 22.9. The second kappa shape index (κ2) is 5.02. The Kier molecular flexibility index (Phi) is 3.73. The molecule has 1 saturated heterocycles. The third kappa shape index (κ3) is 3.01. The number of nitrogens with zero attached hydrogens (tertiary/aromatic N) is 1. The first-order valence-electron chi connectivity index (χ1n) is 5.83. The van der Waals surface area contributed by atoms with Crippen LogP contribution in [-0.4, -0.2) is 43.8 Å². The molecule has 0 aliphatic carbocycles. The van der Waals surface area contributed by atoms with Gasteiger partial charge in [0, 0.05) is 18.8 Å². The number of hydrogen-bond donors (Lipinski definition) is 1. The fourth-order valence-corrected chi connectivity index (χ4v) is 4.19. The minimum absolute atomic E-state index is 0.0157. The molecule has 0 spiro atoms. The van der Waals surface area contributed by atoms with Gasteiger partial charge in [-0.25, -0.2) is 8.42 Å². The number of amides is 1. The van der Waals surface area contributed by atoms with Gasteiger partial charge in [0.25, 0.3) is 5.91 Å². The normalized spacial score (nSPS) is 21.3. The molecule has 2 N–H and O–H groups in total. The maximum atomic E-state index is 12.3. The van der Waals surface area contributed by atoms with Crippen LogP contribution in [0.4, 0.5) is 5.69 Å². The Balaban J connectivity index is 2.20. The molecular weight excluding hydrogens is 288 g/mol. The number of benzene rings is 1. The number of hydrogen-bond acceptors (Lipinski definition) is 4. The van der Waals surface area contributed by atoms with Crippen LogP contribution in [0.2, 0.25) is 5.02 Å². The van der Waals surface area contributed by atoms with Crippen LogP contribution in [0.3, 0.4) is 0 Å². The molecule has 1 aromatic rings. The van der Waals surface area contributed by atoms with Gasteiger partial charge in [0.05, 0.1) is 22.1 Å². The summed E-state index contributed by atoms with van der Waals surface area (Å²) in [7, 11) is -1.42. The van der Waals surface area contributed by atoms with Gasteiger partial charge in [-0.1, -0.05) is 11.6 Å². The van der Waals surface area contributed by atoms with Crippen LogP contribution >= 0.6 is 11.6 Å². The summed E-state index contributed by atoms with van der Waals surface area (Å²) in [5, 5.41) is 0.276. The van der Waals surface area contributed by atoms with E-state index in [4.69, 9.17) is 17.3 Å². The summed E-state index contributed by atoms with van der Waals surface area (Å²) in [5.41, 5.74) is 6.39. The second-order valence-electron chi connectivity index (χ2n) is 4.71. The zero-order valence-electron chi connectivity index (χ0n) is 10.5. The number of anilines is 1. The second-order valence-corrected chi connectivity index (χ2v) is 7.35. The van der Waals surface area contributed by atoms with Crippen molar-refractivity contribution in [3.05, 3.63) is 28.8 Å². The number of halogens is 1. The van der Waals surface area contributed by atoms with Crippen LogP contribution in [0.25, 0.3) is 0 Å². The maximum absolute atomic E-state index is 12.3. The first-order valence-corrected chi connectivity index (χ1v) is 8.03. The number of carbonyl (C=O) groups is 1. The number of rotatable bonds is 2. The average molecular weight is 303 g/mol. The van der Waals surface area contributed by atoms with E-state index in [0.29, 0.717) is 17.7 Å². The predicted octanol–water partition coefficient (Wildman–Crippen LogP) is 1.18. The van der Waals surface area contributed by atoms with Crippen LogP contribution < -0.4 is 5.73 Å². The van der Waals surface area contributed by atoms with Gasteiger partial charge in [-0.05, 0) is 24.6 Å². The molecule has 0 radical (unpaired) electrons. The van der Waals surface area contributed by atoms with E-state index in [-0.39, 0.29) is 28.5 Å². The zero-order valence-corrected chi connectivity index (χ0v) is 12.0. The Morgan fingerprint density at radius 1 is 1.47 bits per heavy atom. The van der Waals surface area contributed by atoms with Crippen molar-refractivity contribution in [1.29, 1.82) is 0 Å². The molecule has 1 heterocycles. The molecule has 0 bridgehead atoms. The molecule has 1 unspecified atom stereocenters. The molecule has 1 fully saturated rings. The molecule has 19 heavy (non-hydrogen) atoms. The van der Waals surface area contributed by atoms with Gasteiger partial charge >= 0.3 is 0 Å². The molecule has 1 aliphatic heterocycles. The largest absolute Gasteiger partial charge is 0.399 e. The Hall–Kier alpha value is -1.27. The van der Waals surface area contributed by atoms with Crippen molar-refractivity contribution in [2.24, 2.45) is 0 Å². The lowest BCUT2D eigenvalue weighted by molar-refractivity contribution is 0.0748. The van der Waals surface area contributed by atoms with Crippen molar-refractivity contribution < 1.29 is 13.2 Å². The van der Waals surface area contributed by atoms with E-state index in [2.05, 4.69) is 0 Å². The number of nitrogens with two attached hydrogens (primary N) is 1. The van der Waals surface area contributed by atoms with Gasteiger partial charge in [-0.2, -0.15) is 0 Å². The highest BCUT2D eigenvalue weighted by atomic mass is 35.5. The van der Waals surface area contributed by atoms with E-state index in [1.54, 1.807) is 19.2 Å². The highest BCUT2D eigenvalue weighted by Crippen LogP contribution is 2.23. The number of sulfone groups is 1. The quantitative estimate of drug-likeness (QED) is 0.832. The lowest BCUT2D eigenvalue weighted by atomic mass is 10.1. The fourth-order valence-electron chi connectivity index (χ4n) is 2.14. The van der Waals surface area contributed by atoms with Crippen molar-refractivity contribution in [3.8, 4) is 0 Å². The highest BCUT2D eigenvalue weighted by Gasteiger charge is 2.33. The summed E-state index contributed by atoms with van der Waals surface area (Å²) in [4.78, 5) is 13.7. The summed E-state index contributed by atoms with van der Waals surface area (Å²) in [6.45, 7) is 0. The Morgan fingerprint density at radius 2 is 2.16 bits per heavy atom. The van der Waals surface area contributed by atoms with Crippen LogP contribution in [-0.2, 0) is 9.84 Å². The molecule has 1 atom stereocenters. The van der Waals surface area contributed by atoms with E-state index in [9.17, 15) is 13.2 Å². The maximum Gasteiger partial charge on any atom is 0.255 e. The summed E-state index contributed by atoms with van der Waals surface area (Å²) in [6.07, 6.45) is 0.469. The summed E-state index contributed by atoms with van der Waals surface area (Å²) in [6, 6.07) is 4.37. The van der Waals surface area contributed by atoms with Crippen molar-refractivity contribution in [3.63, 3.8) is 0 Å². The molecule has 2 rings (SSSR count). The number of nitrogen functional groups attached to an aromatic ring is 1. The van der Waals surface area contributed by atoms with Gasteiger partial charge < -0.3 is 10.6 Å². The number of carbonyl (C=O) groups excluding carboxylic acids is 1. The lowest BCUT2D eigenvalue weighted by Gasteiger charge is -2.23. The van der Waals surface area contributed by atoms with Gasteiger partial charge in [-0.15, -0.1) is 0 Å². The Labute approximate surface area is 117 Å². The highest BCUT2D eigenvalue weighted by molar-refractivity contribution is 7.91. The fraction of sp³-hybridized carbons (Fsp3) is 0.417. The van der Waals surface area contributed by atoms with Crippen molar-refractivity contribution in [2.45, 2.75) is 12.5 Å². The minimum Gasteiger partial charge on any atom is -0.399 e. The van der Waals surface area contributed by atoms with Gasteiger partial charge in [0.2, 0.25) is 0 Å². The van der Waals surface area contributed by atoms with E-state index >= 15 is 0 Å². The third-order valence-corrected chi connectivity index (χ3v) is 5.36. The smallest absolute Gasteiger partial charge is 0.255 e. The molecule has 7 heteroatoms. The summed E-state index contributed by atoms with van der Waals surface area (Å²) >= 11 is 5.99. The van der Waals surface area contributed by atoms with Gasteiger partial charge in [0.1, 0.15) is 0 Å². The molecule has 0 saturated carbocycles. The molecule has 1 amide bonds. The molecular formula is C12H15ClN2O3S. The van der Waals surface area contributed by atoms with Gasteiger partial charge in [-0.3, -0.25) is 4.79 Å². The zero-order chi connectivity index (χ0) is 14.2. The van der Waals surface area contributed by atoms with Crippen LogP contribution in [0.5, 0.6) is 0 Å². The SMILES string of the molecule is CN(C(=O)c1ccc(N)cc1Cl)C1CCS(=O)(=O)C1. The van der Waals surface area contributed by atoms with E-state index < -0.39 is 9.84 Å². The van der Waals surface area contributed by atoms with Crippen molar-refractivity contribution in [1.82, 2.24) is 4.90 Å². The molecule has 1 aliphatic rings. The van der Waals surface area contributed by atoms with Crippen LogP contribution in [0.1, 0.15) is 16.8 Å². The van der Waals surface area contributed by atoms with Crippen LogP contribution in [0, 0.1) is 0 Å². The minimum atomic E-state index is -3.02. The topological polar surface area (TPSA) is 80.5 Å². The molecule has 0 aromatic heterocycles. The first-order chi connectivity index (χ1) is 8.80. The van der Waals surface area contributed by atoms with E-state index in [1.807, 2.05) is 0 Å². The Morgan fingerprint density at radius 3 is 2.68 bits per heavy atom. The Bertz CT molecular complexity index is 615. The standard InChI is InChI=1S/C12H15ClN2O3S/c1-15(9-4-5-19(17,18)7-9)12(16)10-3-2-8(14)6-11(10)13/h2-3,6,9H,4-5,7,14H2,1H3.